The maximum Gasteiger partial charge on any atom is 0.0525 e. The van der Waals surface area contributed by atoms with Crippen molar-refractivity contribution in [3.8, 4) is 0 Å². The van der Waals surface area contributed by atoms with Gasteiger partial charge in [0.15, 0.2) is 0 Å². The number of nitrogens with one attached hydrogen (secondary N) is 1. The van der Waals surface area contributed by atoms with Gasteiger partial charge in [-0.15, -0.1) is 11.8 Å². The molecule has 1 rings (SSSR count). The van der Waals surface area contributed by atoms with Gasteiger partial charge in [0.05, 0.1) is 6.61 Å². The Kier molecular flexibility index (Phi) is 6.97. The molecule has 0 saturated heterocycles. The summed E-state index contributed by atoms with van der Waals surface area (Å²) in [6.45, 7) is 6.37. The molecule has 96 valence electrons. The van der Waals surface area contributed by atoms with E-state index in [-0.39, 0.29) is 6.61 Å². The Morgan fingerprint density at radius 3 is 2.76 bits per heavy atom. The Labute approximate surface area is 113 Å². The molecule has 0 aromatic heterocycles. The molecule has 0 atom stereocenters. The van der Waals surface area contributed by atoms with E-state index < -0.39 is 0 Å². The molecule has 0 radical (unpaired) electrons. The average Bonchev–Trinajstić information content (AvgIpc) is 2.28. The summed E-state index contributed by atoms with van der Waals surface area (Å²) >= 11 is 7.82. The average molecular weight is 274 g/mol. The molecule has 1 aromatic rings. The zero-order valence-corrected chi connectivity index (χ0v) is 11.9. The van der Waals surface area contributed by atoms with Crippen molar-refractivity contribution in [2.24, 2.45) is 5.92 Å². The van der Waals surface area contributed by atoms with Crippen molar-refractivity contribution >= 4 is 23.4 Å². The van der Waals surface area contributed by atoms with Gasteiger partial charge in [0, 0.05) is 22.2 Å². The van der Waals surface area contributed by atoms with Crippen molar-refractivity contribution < 1.29 is 5.11 Å². The van der Waals surface area contributed by atoms with Crippen LogP contribution in [-0.4, -0.2) is 24.0 Å². The van der Waals surface area contributed by atoms with Gasteiger partial charge < -0.3 is 10.4 Å². The minimum atomic E-state index is 0.194. The molecule has 0 heterocycles. The molecular weight excluding hydrogens is 254 g/mol. The Morgan fingerprint density at radius 1 is 1.41 bits per heavy atom. The molecule has 0 aliphatic heterocycles. The highest BCUT2D eigenvalue weighted by Gasteiger charge is 2.02. The van der Waals surface area contributed by atoms with Crippen LogP contribution in [0.1, 0.15) is 19.4 Å². The summed E-state index contributed by atoms with van der Waals surface area (Å²) in [5.41, 5.74) is 1.13. The highest BCUT2D eigenvalue weighted by Crippen LogP contribution is 2.24. The standard InChI is InChI=1S/C13H20ClNOS/c1-10(2)8-15-9-11-3-4-12(7-13(11)14)17-6-5-16/h3-4,7,10,15-16H,5-6,8-9H2,1-2H3. The van der Waals surface area contributed by atoms with Crippen LogP contribution in [0.4, 0.5) is 0 Å². The van der Waals surface area contributed by atoms with Gasteiger partial charge in [-0.05, 0) is 30.2 Å². The third-order valence-electron chi connectivity index (χ3n) is 2.25. The zero-order valence-electron chi connectivity index (χ0n) is 10.4. The van der Waals surface area contributed by atoms with Crippen LogP contribution in [0.3, 0.4) is 0 Å². The van der Waals surface area contributed by atoms with Crippen molar-refractivity contribution in [2.45, 2.75) is 25.3 Å². The van der Waals surface area contributed by atoms with Gasteiger partial charge in [-0.2, -0.15) is 0 Å². The van der Waals surface area contributed by atoms with Crippen molar-refractivity contribution in [3.05, 3.63) is 28.8 Å². The smallest absolute Gasteiger partial charge is 0.0525 e. The van der Waals surface area contributed by atoms with Crippen molar-refractivity contribution in [3.63, 3.8) is 0 Å². The molecule has 0 amide bonds. The van der Waals surface area contributed by atoms with Crippen LogP contribution < -0.4 is 5.32 Å². The molecule has 0 bridgehead atoms. The fourth-order valence-corrected chi connectivity index (χ4v) is 2.42. The van der Waals surface area contributed by atoms with Crippen molar-refractivity contribution in [2.75, 3.05) is 18.9 Å². The quantitative estimate of drug-likeness (QED) is 0.749. The minimum absolute atomic E-state index is 0.194. The molecule has 0 unspecified atom stereocenters. The predicted molar refractivity (Wildman–Crippen MR) is 75.8 cm³/mol. The lowest BCUT2D eigenvalue weighted by molar-refractivity contribution is 0.322. The monoisotopic (exact) mass is 273 g/mol. The second-order valence-corrected chi connectivity index (χ2v) is 5.93. The van der Waals surface area contributed by atoms with E-state index in [1.807, 2.05) is 6.07 Å². The summed E-state index contributed by atoms with van der Waals surface area (Å²) in [5, 5.41) is 12.9. The Bertz CT molecular complexity index is 344. The first-order valence-electron chi connectivity index (χ1n) is 5.86. The second-order valence-electron chi connectivity index (χ2n) is 4.35. The molecular formula is C13H20ClNOS. The first kappa shape index (κ1) is 14.8. The number of halogens is 1. The number of thioether (sulfide) groups is 1. The van der Waals surface area contributed by atoms with E-state index >= 15 is 0 Å². The summed E-state index contributed by atoms with van der Waals surface area (Å²) in [4.78, 5) is 1.11. The molecule has 0 aliphatic carbocycles. The first-order chi connectivity index (χ1) is 8.13. The Morgan fingerprint density at radius 2 is 2.18 bits per heavy atom. The number of aliphatic hydroxyl groups is 1. The summed E-state index contributed by atoms with van der Waals surface area (Å²) in [6, 6.07) is 6.07. The lowest BCUT2D eigenvalue weighted by Gasteiger charge is -2.10. The van der Waals surface area contributed by atoms with E-state index in [0.29, 0.717) is 11.7 Å². The van der Waals surface area contributed by atoms with Crippen LogP contribution >= 0.6 is 23.4 Å². The van der Waals surface area contributed by atoms with E-state index in [4.69, 9.17) is 16.7 Å². The molecule has 0 saturated carbocycles. The summed E-state index contributed by atoms with van der Waals surface area (Å²) in [5.74, 6) is 1.36. The third-order valence-corrected chi connectivity index (χ3v) is 3.58. The second kappa shape index (κ2) is 7.98. The van der Waals surface area contributed by atoms with E-state index in [1.54, 1.807) is 11.8 Å². The maximum absolute atomic E-state index is 8.76. The number of benzene rings is 1. The van der Waals surface area contributed by atoms with Gasteiger partial charge in [-0.3, -0.25) is 0 Å². The molecule has 0 spiro atoms. The predicted octanol–water partition coefficient (Wildman–Crippen LogP) is 3.17. The van der Waals surface area contributed by atoms with Crippen LogP contribution in [0.25, 0.3) is 0 Å². The van der Waals surface area contributed by atoms with Crippen molar-refractivity contribution in [1.82, 2.24) is 5.32 Å². The van der Waals surface area contributed by atoms with E-state index in [0.717, 1.165) is 28.6 Å². The lowest BCUT2D eigenvalue weighted by atomic mass is 10.2. The van der Waals surface area contributed by atoms with Crippen LogP contribution in [0.2, 0.25) is 5.02 Å². The highest BCUT2D eigenvalue weighted by molar-refractivity contribution is 7.99. The summed E-state index contributed by atoms with van der Waals surface area (Å²) < 4.78 is 0. The number of hydrogen-bond donors (Lipinski definition) is 2. The van der Waals surface area contributed by atoms with Crippen LogP contribution in [0.5, 0.6) is 0 Å². The highest BCUT2D eigenvalue weighted by atomic mass is 35.5. The Balaban J connectivity index is 2.50. The normalized spacial score (nSPS) is 11.1. The molecule has 17 heavy (non-hydrogen) atoms. The van der Waals surface area contributed by atoms with Gasteiger partial charge >= 0.3 is 0 Å². The van der Waals surface area contributed by atoms with Crippen LogP contribution in [0.15, 0.2) is 23.1 Å². The first-order valence-corrected chi connectivity index (χ1v) is 7.22. The third kappa shape index (κ3) is 5.77. The molecule has 0 fully saturated rings. The lowest BCUT2D eigenvalue weighted by Crippen LogP contribution is -2.19. The number of aliphatic hydroxyl groups excluding tert-OH is 1. The fraction of sp³-hybridized carbons (Fsp3) is 0.538. The summed E-state index contributed by atoms with van der Waals surface area (Å²) in [7, 11) is 0. The minimum Gasteiger partial charge on any atom is -0.396 e. The van der Waals surface area contributed by atoms with Crippen LogP contribution in [-0.2, 0) is 6.54 Å². The topological polar surface area (TPSA) is 32.3 Å². The summed E-state index contributed by atoms with van der Waals surface area (Å²) in [6.07, 6.45) is 0. The fourth-order valence-electron chi connectivity index (χ4n) is 1.42. The SMILES string of the molecule is CC(C)CNCc1ccc(SCCO)cc1Cl. The van der Waals surface area contributed by atoms with Crippen LogP contribution in [0, 0.1) is 5.92 Å². The van der Waals surface area contributed by atoms with Gasteiger partial charge in [-0.25, -0.2) is 0 Å². The van der Waals surface area contributed by atoms with Crippen molar-refractivity contribution in [1.29, 1.82) is 0 Å². The van der Waals surface area contributed by atoms with Gasteiger partial charge in [0.2, 0.25) is 0 Å². The van der Waals surface area contributed by atoms with E-state index in [2.05, 4.69) is 31.3 Å². The number of hydrogen-bond acceptors (Lipinski definition) is 3. The molecule has 2 nitrogen and oxygen atoms in total. The number of rotatable bonds is 7. The molecule has 4 heteroatoms. The molecule has 1 aromatic carbocycles. The molecule has 0 aliphatic rings. The maximum atomic E-state index is 8.76. The van der Waals surface area contributed by atoms with Gasteiger partial charge in [-0.1, -0.05) is 31.5 Å². The van der Waals surface area contributed by atoms with Gasteiger partial charge in [0.1, 0.15) is 0 Å². The largest absolute Gasteiger partial charge is 0.396 e. The molecule has 2 N–H and O–H groups in total. The zero-order chi connectivity index (χ0) is 12.7. The van der Waals surface area contributed by atoms with E-state index in [9.17, 15) is 0 Å². The Hall–Kier alpha value is -0.220. The van der Waals surface area contributed by atoms with E-state index in [1.165, 1.54) is 0 Å². The van der Waals surface area contributed by atoms with Gasteiger partial charge in [0.25, 0.3) is 0 Å².